The summed E-state index contributed by atoms with van der Waals surface area (Å²) in [4.78, 5) is 0. The molecule has 12 heavy (non-hydrogen) atoms. The smallest absolute Gasteiger partial charge is 0.0434 e. The Balaban J connectivity index is 3.31. The summed E-state index contributed by atoms with van der Waals surface area (Å²) >= 11 is 0. The molecule has 0 rings (SSSR count). The summed E-state index contributed by atoms with van der Waals surface area (Å²) < 4.78 is 0. The number of hydrogen-bond donors (Lipinski definition) is 2. The lowest BCUT2D eigenvalue weighted by Crippen LogP contribution is -2.30. The Bertz CT molecular complexity index is 107. The van der Waals surface area contributed by atoms with E-state index in [1.54, 1.807) is 0 Å². The molecule has 2 N–H and O–H groups in total. The van der Waals surface area contributed by atoms with Gasteiger partial charge in [0.2, 0.25) is 0 Å². The summed E-state index contributed by atoms with van der Waals surface area (Å²) in [7, 11) is 0. The number of aliphatic hydroxyl groups excluding tert-OH is 1. The van der Waals surface area contributed by atoms with E-state index in [4.69, 9.17) is 5.11 Å². The minimum absolute atomic E-state index is 0.304. The monoisotopic (exact) mass is 173 g/mol. The first kappa shape index (κ1) is 11.9. The third-order valence-electron chi connectivity index (χ3n) is 1.77. The molecule has 0 amide bonds. The summed E-state index contributed by atoms with van der Waals surface area (Å²) in [5.74, 6) is 0.581. The second-order valence-corrected chi connectivity index (χ2v) is 4.81. The maximum atomic E-state index is 8.67. The lowest BCUT2D eigenvalue weighted by atomic mass is 9.96. The van der Waals surface area contributed by atoms with Crippen molar-refractivity contribution in [3.05, 3.63) is 0 Å². The molecular weight excluding hydrogens is 150 g/mol. The van der Waals surface area contributed by atoms with Crippen LogP contribution in [0.5, 0.6) is 0 Å². The van der Waals surface area contributed by atoms with Gasteiger partial charge in [0, 0.05) is 6.61 Å². The van der Waals surface area contributed by atoms with Gasteiger partial charge in [-0.25, -0.2) is 0 Å². The largest absolute Gasteiger partial charge is 0.396 e. The fraction of sp³-hybridized carbons (Fsp3) is 1.00. The van der Waals surface area contributed by atoms with Gasteiger partial charge >= 0.3 is 0 Å². The predicted molar refractivity (Wildman–Crippen MR) is 53.2 cm³/mol. The van der Waals surface area contributed by atoms with E-state index < -0.39 is 0 Å². The van der Waals surface area contributed by atoms with E-state index in [0.717, 1.165) is 19.5 Å². The zero-order valence-electron chi connectivity index (χ0n) is 8.85. The molecule has 0 radical (unpaired) electrons. The van der Waals surface area contributed by atoms with Crippen LogP contribution in [0.3, 0.4) is 0 Å². The van der Waals surface area contributed by atoms with E-state index in [1.165, 1.54) is 0 Å². The molecule has 0 aromatic heterocycles. The molecule has 0 aliphatic heterocycles. The third kappa shape index (κ3) is 8.02. The van der Waals surface area contributed by atoms with E-state index in [9.17, 15) is 0 Å². The molecule has 0 fully saturated rings. The highest BCUT2D eigenvalue weighted by atomic mass is 16.3. The van der Waals surface area contributed by atoms with Gasteiger partial charge in [-0.3, -0.25) is 0 Å². The average molecular weight is 173 g/mol. The minimum atomic E-state index is 0.304. The maximum absolute atomic E-state index is 8.67. The van der Waals surface area contributed by atoms with Gasteiger partial charge < -0.3 is 10.4 Å². The number of aliphatic hydroxyl groups is 1. The molecule has 0 saturated heterocycles. The van der Waals surface area contributed by atoms with E-state index in [2.05, 4.69) is 33.0 Å². The molecule has 2 nitrogen and oxygen atoms in total. The molecule has 0 aliphatic rings. The van der Waals surface area contributed by atoms with E-state index in [1.807, 2.05) is 0 Å². The van der Waals surface area contributed by atoms with Crippen LogP contribution in [0.4, 0.5) is 0 Å². The van der Waals surface area contributed by atoms with Gasteiger partial charge in [-0.15, -0.1) is 0 Å². The van der Waals surface area contributed by atoms with Crippen molar-refractivity contribution < 1.29 is 5.11 Å². The fourth-order valence-electron chi connectivity index (χ4n) is 1.02. The SMILES string of the molecule is CC(CCO)CNCC(C)(C)C. The van der Waals surface area contributed by atoms with Crippen LogP contribution in [-0.4, -0.2) is 24.8 Å². The highest BCUT2D eigenvalue weighted by Gasteiger charge is 2.09. The molecule has 0 saturated carbocycles. The van der Waals surface area contributed by atoms with Crippen LogP contribution in [0, 0.1) is 11.3 Å². The van der Waals surface area contributed by atoms with Crippen LogP contribution >= 0.6 is 0 Å². The van der Waals surface area contributed by atoms with E-state index in [-0.39, 0.29) is 0 Å². The average Bonchev–Trinajstić information content (AvgIpc) is 1.84. The number of nitrogens with one attached hydrogen (secondary N) is 1. The van der Waals surface area contributed by atoms with Crippen LogP contribution in [-0.2, 0) is 0 Å². The topological polar surface area (TPSA) is 32.3 Å². The third-order valence-corrected chi connectivity index (χ3v) is 1.77. The summed E-state index contributed by atoms with van der Waals surface area (Å²) in [6.07, 6.45) is 0.900. The molecule has 0 aromatic rings. The van der Waals surface area contributed by atoms with Crippen molar-refractivity contribution in [1.82, 2.24) is 5.32 Å². The fourth-order valence-corrected chi connectivity index (χ4v) is 1.02. The van der Waals surface area contributed by atoms with Gasteiger partial charge in [-0.05, 0) is 30.8 Å². The standard InChI is InChI=1S/C10H23NO/c1-9(5-6-12)7-11-8-10(2,3)4/h9,11-12H,5-8H2,1-4H3. The minimum Gasteiger partial charge on any atom is -0.396 e. The second kappa shape index (κ2) is 5.55. The normalized spacial score (nSPS) is 14.8. The van der Waals surface area contributed by atoms with Crippen LogP contribution in [0.1, 0.15) is 34.1 Å². The Morgan fingerprint density at radius 1 is 1.33 bits per heavy atom. The van der Waals surface area contributed by atoms with Gasteiger partial charge in [0.1, 0.15) is 0 Å². The summed E-state index contributed by atoms with van der Waals surface area (Å²) in [5.41, 5.74) is 0.360. The lowest BCUT2D eigenvalue weighted by Gasteiger charge is -2.20. The summed E-state index contributed by atoms with van der Waals surface area (Å²) in [6, 6.07) is 0. The van der Waals surface area contributed by atoms with Gasteiger partial charge in [0.05, 0.1) is 0 Å². The van der Waals surface area contributed by atoms with Crippen LogP contribution in [0.2, 0.25) is 0 Å². The first-order valence-electron chi connectivity index (χ1n) is 4.77. The Kier molecular flexibility index (Phi) is 5.51. The van der Waals surface area contributed by atoms with Gasteiger partial charge in [0.25, 0.3) is 0 Å². The number of hydrogen-bond acceptors (Lipinski definition) is 2. The van der Waals surface area contributed by atoms with Crippen LogP contribution < -0.4 is 5.32 Å². The van der Waals surface area contributed by atoms with Gasteiger partial charge in [-0.1, -0.05) is 27.7 Å². The Morgan fingerprint density at radius 2 is 1.92 bits per heavy atom. The quantitative estimate of drug-likeness (QED) is 0.662. The highest BCUT2D eigenvalue weighted by Crippen LogP contribution is 2.10. The van der Waals surface area contributed by atoms with Crippen molar-refractivity contribution in [1.29, 1.82) is 0 Å². The van der Waals surface area contributed by atoms with Crippen molar-refractivity contribution >= 4 is 0 Å². The van der Waals surface area contributed by atoms with Crippen LogP contribution in [0.15, 0.2) is 0 Å². The number of rotatable bonds is 5. The molecule has 0 spiro atoms. The molecule has 1 unspecified atom stereocenters. The Labute approximate surface area is 76.4 Å². The Hall–Kier alpha value is -0.0800. The zero-order valence-corrected chi connectivity index (χ0v) is 8.85. The van der Waals surface area contributed by atoms with Crippen molar-refractivity contribution in [3.63, 3.8) is 0 Å². The molecule has 2 heteroatoms. The highest BCUT2D eigenvalue weighted by molar-refractivity contribution is 4.66. The molecule has 1 atom stereocenters. The second-order valence-electron chi connectivity index (χ2n) is 4.81. The van der Waals surface area contributed by atoms with Gasteiger partial charge in [0.15, 0.2) is 0 Å². The van der Waals surface area contributed by atoms with Gasteiger partial charge in [-0.2, -0.15) is 0 Å². The zero-order chi connectivity index (χ0) is 9.61. The van der Waals surface area contributed by atoms with Crippen molar-refractivity contribution in [2.45, 2.75) is 34.1 Å². The first-order valence-corrected chi connectivity index (χ1v) is 4.77. The molecule has 0 heterocycles. The lowest BCUT2D eigenvalue weighted by molar-refractivity contribution is 0.256. The molecule has 0 aromatic carbocycles. The van der Waals surface area contributed by atoms with Crippen molar-refractivity contribution in [2.75, 3.05) is 19.7 Å². The first-order chi connectivity index (χ1) is 5.45. The molecule has 74 valence electrons. The molecular formula is C10H23NO. The van der Waals surface area contributed by atoms with E-state index in [0.29, 0.717) is 17.9 Å². The summed E-state index contributed by atoms with van der Waals surface area (Å²) in [5, 5.41) is 12.1. The van der Waals surface area contributed by atoms with E-state index >= 15 is 0 Å². The Morgan fingerprint density at radius 3 is 2.33 bits per heavy atom. The van der Waals surface area contributed by atoms with Crippen LogP contribution in [0.25, 0.3) is 0 Å². The maximum Gasteiger partial charge on any atom is 0.0434 e. The molecule has 0 aliphatic carbocycles. The predicted octanol–water partition coefficient (Wildman–Crippen LogP) is 1.64. The van der Waals surface area contributed by atoms with Crippen molar-refractivity contribution in [3.8, 4) is 0 Å². The van der Waals surface area contributed by atoms with Crippen molar-refractivity contribution in [2.24, 2.45) is 11.3 Å². The summed E-state index contributed by atoms with van der Waals surface area (Å²) in [6.45, 7) is 11.2. The molecule has 0 bridgehead atoms.